The molecule has 118 valence electrons. The van der Waals surface area contributed by atoms with Crippen LogP contribution in [0.1, 0.15) is 58.2 Å². The van der Waals surface area contributed by atoms with Crippen LogP contribution >= 0.6 is 0 Å². The Balaban J connectivity index is 2.30. The normalized spacial score (nSPS) is 24.2. The number of nitrogens with zero attached hydrogens (tertiary/aromatic N) is 3. The third-order valence-electron chi connectivity index (χ3n) is 4.48. The number of hydrogen-bond acceptors (Lipinski definition) is 3. The van der Waals surface area contributed by atoms with Crippen molar-refractivity contribution in [3.63, 3.8) is 0 Å². The molecule has 0 amide bonds. The average Bonchev–Trinajstić information content (AvgIpc) is 2.73. The van der Waals surface area contributed by atoms with E-state index in [0.29, 0.717) is 13.0 Å². The maximum absolute atomic E-state index is 11.7. The van der Waals surface area contributed by atoms with Gasteiger partial charge in [0.05, 0.1) is 5.69 Å². The van der Waals surface area contributed by atoms with E-state index in [1.807, 2.05) is 24.9 Å². The van der Waals surface area contributed by atoms with Crippen molar-refractivity contribution in [1.82, 2.24) is 14.7 Å². The van der Waals surface area contributed by atoms with Crippen molar-refractivity contribution in [3.8, 4) is 0 Å². The molecule has 0 aromatic carbocycles. The first-order chi connectivity index (χ1) is 9.64. The number of hydrogen-bond donors (Lipinski definition) is 1. The Morgan fingerprint density at radius 1 is 1.43 bits per heavy atom. The van der Waals surface area contributed by atoms with Gasteiger partial charge in [0.1, 0.15) is 5.54 Å². The molecule has 1 fully saturated rings. The van der Waals surface area contributed by atoms with Gasteiger partial charge in [-0.3, -0.25) is 14.4 Å². The zero-order valence-electron chi connectivity index (χ0n) is 13.8. The minimum absolute atomic E-state index is 0.0357. The molecule has 0 aliphatic carbocycles. The Morgan fingerprint density at radius 3 is 2.67 bits per heavy atom. The molecule has 1 aromatic heterocycles. The fraction of sp³-hybridized carbons (Fsp3) is 0.750. The van der Waals surface area contributed by atoms with Gasteiger partial charge in [-0.1, -0.05) is 20.8 Å². The highest BCUT2D eigenvalue weighted by Gasteiger charge is 2.41. The SMILES string of the molecule is Cn1cc(CN2CCCCC2(C)C(=O)O)c(C(C)(C)C)n1. The van der Waals surface area contributed by atoms with Gasteiger partial charge >= 0.3 is 5.97 Å². The van der Waals surface area contributed by atoms with Gasteiger partial charge in [0.25, 0.3) is 0 Å². The molecule has 2 heterocycles. The van der Waals surface area contributed by atoms with Gasteiger partial charge in [0.15, 0.2) is 0 Å². The average molecular weight is 293 g/mol. The molecule has 1 N–H and O–H groups in total. The van der Waals surface area contributed by atoms with Crippen molar-refractivity contribution in [2.75, 3.05) is 6.54 Å². The van der Waals surface area contributed by atoms with Gasteiger partial charge in [0.2, 0.25) is 0 Å². The number of aromatic nitrogens is 2. The Bertz CT molecular complexity index is 530. The molecule has 1 unspecified atom stereocenters. The summed E-state index contributed by atoms with van der Waals surface area (Å²) in [4.78, 5) is 13.8. The Labute approximate surface area is 126 Å². The van der Waals surface area contributed by atoms with E-state index < -0.39 is 11.5 Å². The summed E-state index contributed by atoms with van der Waals surface area (Å²) in [6.45, 7) is 9.77. The number of carbonyl (C=O) groups is 1. The summed E-state index contributed by atoms with van der Waals surface area (Å²) >= 11 is 0. The van der Waals surface area contributed by atoms with Crippen molar-refractivity contribution in [2.24, 2.45) is 7.05 Å². The maximum Gasteiger partial charge on any atom is 0.323 e. The molecular weight excluding hydrogens is 266 g/mol. The lowest BCUT2D eigenvalue weighted by Crippen LogP contribution is -2.54. The number of aryl methyl sites for hydroxylation is 1. The molecule has 0 radical (unpaired) electrons. The second-order valence-electron chi connectivity index (χ2n) is 7.38. The minimum Gasteiger partial charge on any atom is -0.480 e. The first kappa shape index (κ1) is 16.0. The molecule has 1 atom stereocenters. The number of aliphatic carboxylic acids is 1. The topological polar surface area (TPSA) is 58.4 Å². The molecule has 2 rings (SSSR count). The van der Waals surface area contributed by atoms with Gasteiger partial charge in [-0.15, -0.1) is 0 Å². The van der Waals surface area contributed by atoms with E-state index in [2.05, 4.69) is 30.8 Å². The third-order valence-corrected chi connectivity index (χ3v) is 4.48. The van der Waals surface area contributed by atoms with Crippen molar-refractivity contribution in [1.29, 1.82) is 0 Å². The number of likely N-dealkylation sites (tertiary alicyclic amines) is 1. The molecular formula is C16H27N3O2. The van der Waals surface area contributed by atoms with Crippen LogP contribution in [0.4, 0.5) is 0 Å². The van der Waals surface area contributed by atoms with Crippen LogP contribution in [-0.4, -0.2) is 37.8 Å². The van der Waals surface area contributed by atoms with Crippen LogP contribution in [0.5, 0.6) is 0 Å². The fourth-order valence-corrected chi connectivity index (χ4v) is 3.16. The van der Waals surface area contributed by atoms with Gasteiger partial charge in [-0.05, 0) is 32.7 Å². The van der Waals surface area contributed by atoms with Gasteiger partial charge < -0.3 is 5.11 Å². The van der Waals surface area contributed by atoms with E-state index >= 15 is 0 Å². The molecule has 0 spiro atoms. The van der Waals surface area contributed by atoms with Crippen molar-refractivity contribution < 1.29 is 9.90 Å². The Kier molecular flexibility index (Phi) is 4.15. The second-order valence-corrected chi connectivity index (χ2v) is 7.38. The van der Waals surface area contributed by atoms with Crippen LogP contribution in [0.15, 0.2) is 6.20 Å². The summed E-state index contributed by atoms with van der Waals surface area (Å²) in [6.07, 6.45) is 4.79. The van der Waals surface area contributed by atoms with Gasteiger partial charge in [0, 0.05) is 30.8 Å². The zero-order chi connectivity index (χ0) is 15.8. The van der Waals surface area contributed by atoms with Crippen LogP contribution < -0.4 is 0 Å². The van der Waals surface area contributed by atoms with Crippen LogP contribution in [0, 0.1) is 0 Å². The molecule has 5 heteroatoms. The Hall–Kier alpha value is -1.36. The Morgan fingerprint density at radius 2 is 2.10 bits per heavy atom. The van der Waals surface area contributed by atoms with Crippen LogP contribution in [0.3, 0.4) is 0 Å². The monoisotopic (exact) mass is 293 g/mol. The number of carboxylic acids is 1. The van der Waals surface area contributed by atoms with E-state index in [9.17, 15) is 9.90 Å². The predicted octanol–water partition coefficient (Wildman–Crippen LogP) is 2.55. The van der Waals surface area contributed by atoms with E-state index in [-0.39, 0.29) is 5.41 Å². The first-order valence-electron chi connectivity index (χ1n) is 7.66. The zero-order valence-corrected chi connectivity index (χ0v) is 13.8. The number of carboxylic acid groups (broad SMARTS) is 1. The summed E-state index contributed by atoms with van der Waals surface area (Å²) in [5, 5.41) is 14.2. The van der Waals surface area contributed by atoms with Gasteiger partial charge in [-0.2, -0.15) is 5.10 Å². The summed E-state index contributed by atoms with van der Waals surface area (Å²) in [5.41, 5.74) is 1.40. The highest BCUT2D eigenvalue weighted by atomic mass is 16.4. The highest BCUT2D eigenvalue weighted by molar-refractivity contribution is 5.78. The van der Waals surface area contributed by atoms with Crippen molar-refractivity contribution in [2.45, 2.75) is 64.5 Å². The first-order valence-corrected chi connectivity index (χ1v) is 7.66. The largest absolute Gasteiger partial charge is 0.480 e. The van der Waals surface area contributed by atoms with E-state index in [0.717, 1.165) is 30.6 Å². The highest BCUT2D eigenvalue weighted by Crippen LogP contribution is 2.32. The van der Waals surface area contributed by atoms with Crippen molar-refractivity contribution >= 4 is 5.97 Å². The molecule has 21 heavy (non-hydrogen) atoms. The predicted molar refractivity (Wildman–Crippen MR) is 82.2 cm³/mol. The second kappa shape index (κ2) is 5.44. The van der Waals surface area contributed by atoms with Crippen LogP contribution in [0.25, 0.3) is 0 Å². The van der Waals surface area contributed by atoms with Gasteiger partial charge in [-0.25, -0.2) is 0 Å². The summed E-state index contributed by atoms with van der Waals surface area (Å²) < 4.78 is 1.83. The minimum atomic E-state index is -0.761. The molecule has 0 bridgehead atoms. The molecule has 0 saturated carbocycles. The quantitative estimate of drug-likeness (QED) is 0.930. The summed E-state index contributed by atoms with van der Waals surface area (Å²) in [5.74, 6) is -0.719. The van der Waals surface area contributed by atoms with Crippen LogP contribution in [0.2, 0.25) is 0 Å². The lowest BCUT2D eigenvalue weighted by molar-refractivity contribution is -0.153. The molecule has 1 aromatic rings. The maximum atomic E-state index is 11.7. The summed E-state index contributed by atoms with van der Waals surface area (Å²) in [7, 11) is 1.92. The fourth-order valence-electron chi connectivity index (χ4n) is 3.16. The van der Waals surface area contributed by atoms with E-state index in [4.69, 9.17) is 0 Å². The smallest absolute Gasteiger partial charge is 0.323 e. The van der Waals surface area contributed by atoms with E-state index in [1.54, 1.807) is 0 Å². The molecule has 5 nitrogen and oxygen atoms in total. The third kappa shape index (κ3) is 3.12. The molecule has 1 saturated heterocycles. The van der Waals surface area contributed by atoms with Crippen LogP contribution in [-0.2, 0) is 23.8 Å². The molecule has 1 aliphatic rings. The number of piperidine rings is 1. The lowest BCUT2D eigenvalue weighted by Gasteiger charge is -2.41. The van der Waals surface area contributed by atoms with E-state index in [1.165, 1.54) is 0 Å². The van der Waals surface area contributed by atoms with Crippen molar-refractivity contribution in [3.05, 3.63) is 17.5 Å². The lowest BCUT2D eigenvalue weighted by atomic mass is 9.86. The standard InChI is InChI=1S/C16H27N3O2/c1-15(2,3)13-12(10-18(5)17-13)11-19-9-7-6-8-16(19,4)14(20)21/h10H,6-9,11H2,1-5H3,(H,20,21). The summed E-state index contributed by atoms with van der Waals surface area (Å²) in [6, 6.07) is 0. The number of rotatable bonds is 3. The molecule has 1 aliphatic heterocycles.